The molecule has 1 aliphatic heterocycles. The average molecular weight is 496 g/mol. The second-order valence-corrected chi connectivity index (χ2v) is 8.98. The number of alkyl halides is 3. The van der Waals surface area contributed by atoms with Crippen molar-refractivity contribution in [3.05, 3.63) is 52.1 Å². The third-order valence-electron chi connectivity index (χ3n) is 5.74. The first-order valence-corrected chi connectivity index (χ1v) is 11.6. The van der Waals surface area contributed by atoms with Crippen LogP contribution in [0.15, 0.2) is 35.1 Å². The van der Waals surface area contributed by atoms with Crippen molar-refractivity contribution in [3.63, 3.8) is 0 Å². The van der Waals surface area contributed by atoms with Crippen LogP contribution in [0.1, 0.15) is 37.2 Å². The van der Waals surface area contributed by atoms with Gasteiger partial charge >= 0.3 is 6.18 Å². The molecule has 1 unspecified atom stereocenters. The number of thiazole rings is 1. The standard InChI is InChI=1S/C22H24F3N5O3S/c1-13(14-7-4-3-5-8-14)26-17(31)15-9-6-10-29(15)21-27-16-18(34-21)28-20(22(23,24)25)30(19(16)32)11-12-33-2/h3-5,7-8,13,15H,6,9-12H2,1-2H3,(H,26,31)/t13-,15?/m1/s1. The Labute approximate surface area is 197 Å². The van der Waals surface area contributed by atoms with Crippen LogP contribution in [0.4, 0.5) is 18.3 Å². The molecular weight excluding hydrogens is 471 g/mol. The number of ether oxygens (including phenoxy) is 1. The molecule has 3 heterocycles. The highest BCUT2D eigenvalue weighted by Gasteiger charge is 2.39. The summed E-state index contributed by atoms with van der Waals surface area (Å²) in [5.41, 5.74) is -0.0662. The quantitative estimate of drug-likeness (QED) is 0.541. The minimum absolute atomic E-state index is 0.0822. The van der Waals surface area contributed by atoms with Crippen LogP contribution in [-0.2, 0) is 22.3 Å². The maximum Gasteiger partial charge on any atom is 0.449 e. The van der Waals surface area contributed by atoms with Crippen LogP contribution in [0.3, 0.4) is 0 Å². The van der Waals surface area contributed by atoms with Crippen molar-refractivity contribution in [2.24, 2.45) is 0 Å². The number of nitrogens with zero attached hydrogens (tertiary/aromatic N) is 4. The van der Waals surface area contributed by atoms with E-state index in [0.29, 0.717) is 29.1 Å². The molecule has 2 aromatic heterocycles. The molecule has 0 spiro atoms. The summed E-state index contributed by atoms with van der Waals surface area (Å²) in [6.07, 6.45) is -3.52. The van der Waals surface area contributed by atoms with Gasteiger partial charge in [0.2, 0.25) is 11.7 Å². The Morgan fingerprint density at radius 3 is 2.71 bits per heavy atom. The SMILES string of the molecule is COCCn1c(C(F)(F)F)nc2sc(N3CCCC3C(=O)N[C@H](C)c3ccccc3)nc2c1=O. The highest BCUT2D eigenvalue weighted by Crippen LogP contribution is 2.34. The molecule has 0 radical (unpaired) electrons. The van der Waals surface area contributed by atoms with Crippen LogP contribution in [0.5, 0.6) is 0 Å². The van der Waals surface area contributed by atoms with E-state index in [1.165, 1.54) is 7.11 Å². The number of fused-ring (bicyclic) bond motifs is 1. The maximum absolute atomic E-state index is 13.6. The van der Waals surface area contributed by atoms with Gasteiger partial charge in [0.05, 0.1) is 19.2 Å². The molecule has 1 aromatic carbocycles. The lowest BCUT2D eigenvalue weighted by Gasteiger charge is -2.25. The first kappa shape index (κ1) is 24.1. The number of hydrogen-bond acceptors (Lipinski definition) is 7. The zero-order valence-corrected chi connectivity index (χ0v) is 19.4. The molecule has 12 heteroatoms. The van der Waals surface area contributed by atoms with Gasteiger partial charge < -0.3 is 15.0 Å². The third-order valence-corrected chi connectivity index (χ3v) is 6.73. The van der Waals surface area contributed by atoms with E-state index in [4.69, 9.17) is 4.74 Å². The van der Waals surface area contributed by atoms with E-state index >= 15 is 0 Å². The summed E-state index contributed by atoms with van der Waals surface area (Å²) in [5.74, 6) is -1.49. The number of amides is 1. The molecule has 1 fully saturated rings. The number of benzene rings is 1. The number of rotatable bonds is 7. The summed E-state index contributed by atoms with van der Waals surface area (Å²) < 4.78 is 46.1. The fraction of sp³-hybridized carbons (Fsp3) is 0.455. The summed E-state index contributed by atoms with van der Waals surface area (Å²) in [6, 6.07) is 8.77. The van der Waals surface area contributed by atoms with Gasteiger partial charge in [-0.2, -0.15) is 13.2 Å². The van der Waals surface area contributed by atoms with E-state index in [1.807, 2.05) is 37.3 Å². The Morgan fingerprint density at radius 2 is 2.03 bits per heavy atom. The van der Waals surface area contributed by atoms with E-state index in [2.05, 4.69) is 15.3 Å². The van der Waals surface area contributed by atoms with Gasteiger partial charge in [-0.1, -0.05) is 41.7 Å². The van der Waals surface area contributed by atoms with E-state index in [9.17, 15) is 22.8 Å². The minimum Gasteiger partial charge on any atom is -0.383 e. The molecule has 3 aromatic rings. The Kier molecular flexibility index (Phi) is 6.89. The largest absolute Gasteiger partial charge is 0.449 e. The summed E-state index contributed by atoms with van der Waals surface area (Å²) in [4.78, 5) is 35.6. The molecule has 1 amide bonds. The van der Waals surface area contributed by atoms with Crippen LogP contribution in [0.2, 0.25) is 0 Å². The molecule has 182 valence electrons. The second kappa shape index (κ2) is 9.71. The molecule has 8 nitrogen and oxygen atoms in total. The number of carbonyl (C=O) groups is 1. The second-order valence-electron chi connectivity index (χ2n) is 8.03. The van der Waals surface area contributed by atoms with Crippen LogP contribution in [-0.4, -0.2) is 46.7 Å². The van der Waals surface area contributed by atoms with Crippen molar-refractivity contribution in [2.75, 3.05) is 25.2 Å². The molecule has 0 aliphatic carbocycles. The fourth-order valence-electron chi connectivity index (χ4n) is 4.03. The molecule has 2 atom stereocenters. The highest BCUT2D eigenvalue weighted by atomic mass is 32.1. The van der Waals surface area contributed by atoms with Gasteiger partial charge in [0.1, 0.15) is 6.04 Å². The van der Waals surface area contributed by atoms with Crippen molar-refractivity contribution in [3.8, 4) is 0 Å². The number of halogens is 3. The average Bonchev–Trinajstić information content (AvgIpc) is 3.45. The van der Waals surface area contributed by atoms with E-state index in [0.717, 1.165) is 16.9 Å². The topological polar surface area (TPSA) is 89.3 Å². The van der Waals surface area contributed by atoms with Crippen LogP contribution in [0, 0.1) is 0 Å². The fourth-order valence-corrected chi connectivity index (χ4v) is 5.04. The minimum atomic E-state index is -4.81. The monoisotopic (exact) mass is 495 g/mol. The lowest BCUT2D eigenvalue weighted by Crippen LogP contribution is -2.44. The predicted octanol–water partition coefficient (Wildman–Crippen LogP) is 3.36. The highest BCUT2D eigenvalue weighted by molar-refractivity contribution is 7.21. The number of hydrogen-bond donors (Lipinski definition) is 1. The van der Waals surface area contributed by atoms with Crippen LogP contribution >= 0.6 is 11.3 Å². The summed E-state index contributed by atoms with van der Waals surface area (Å²) >= 11 is 0.887. The lowest BCUT2D eigenvalue weighted by atomic mass is 10.1. The number of aromatic nitrogens is 3. The van der Waals surface area contributed by atoms with Crippen molar-refractivity contribution >= 4 is 32.7 Å². The molecule has 1 N–H and O–H groups in total. The van der Waals surface area contributed by atoms with Gasteiger partial charge in [0, 0.05) is 13.7 Å². The Balaban J connectivity index is 1.64. The molecule has 0 bridgehead atoms. The van der Waals surface area contributed by atoms with E-state index in [1.54, 1.807) is 4.90 Å². The number of nitrogens with one attached hydrogen (secondary N) is 1. The van der Waals surface area contributed by atoms with Gasteiger partial charge in [0.15, 0.2) is 15.5 Å². The normalized spacial score (nSPS) is 17.3. The van der Waals surface area contributed by atoms with Gasteiger partial charge in [-0.05, 0) is 25.3 Å². The number of anilines is 1. The Hall–Kier alpha value is -2.99. The van der Waals surface area contributed by atoms with Crippen molar-refractivity contribution in [1.82, 2.24) is 19.9 Å². The lowest BCUT2D eigenvalue weighted by molar-refractivity contribution is -0.148. The maximum atomic E-state index is 13.6. The van der Waals surface area contributed by atoms with Crippen LogP contribution < -0.4 is 15.8 Å². The van der Waals surface area contributed by atoms with Gasteiger partial charge in [-0.15, -0.1) is 0 Å². The van der Waals surface area contributed by atoms with Crippen LogP contribution in [0.25, 0.3) is 10.3 Å². The summed E-state index contributed by atoms with van der Waals surface area (Å²) in [7, 11) is 1.34. The van der Waals surface area contributed by atoms with Gasteiger partial charge in [-0.25, -0.2) is 9.97 Å². The Morgan fingerprint density at radius 1 is 1.29 bits per heavy atom. The smallest absolute Gasteiger partial charge is 0.383 e. The zero-order chi connectivity index (χ0) is 24.5. The molecular formula is C22H24F3N5O3S. The van der Waals surface area contributed by atoms with Crippen molar-refractivity contribution < 1.29 is 22.7 Å². The van der Waals surface area contributed by atoms with Gasteiger partial charge in [0.25, 0.3) is 5.56 Å². The summed E-state index contributed by atoms with van der Waals surface area (Å²) in [5, 5.41) is 3.30. The Bertz CT molecular complexity index is 1230. The number of carbonyl (C=O) groups excluding carboxylic acids is 1. The molecule has 34 heavy (non-hydrogen) atoms. The summed E-state index contributed by atoms with van der Waals surface area (Å²) in [6.45, 7) is 2.00. The first-order valence-electron chi connectivity index (χ1n) is 10.8. The zero-order valence-electron chi connectivity index (χ0n) is 18.6. The molecule has 0 saturated carbocycles. The predicted molar refractivity (Wildman–Crippen MR) is 122 cm³/mol. The molecule has 1 saturated heterocycles. The van der Waals surface area contributed by atoms with Crippen molar-refractivity contribution in [2.45, 2.75) is 44.6 Å². The van der Waals surface area contributed by atoms with E-state index < -0.39 is 23.6 Å². The van der Waals surface area contributed by atoms with Gasteiger partial charge in [-0.3, -0.25) is 14.2 Å². The number of methoxy groups -OCH3 is 1. The molecule has 1 aliphatic rings. The van der Waals surface area contributed by atoms with Crippen molar-refractivity contribution in [1.29, 1.82) is 0 Å². The molecule has 4 rings (SSSR count). The first-order chi connectivity index (χ1) is 16.2. The van der Waals surface area contributed by atoms with E-state index in [-0.39, 0.29) is 35.4 Å². The third kappa shape index (κ3) is 4.78.